The Morgan fingerprint density at radius 3 is 2.89 bits per heavy atom. The molecular weight excluding hydrogens is 264 g/mol. The Balaban J connectivity index is 2.04. The van der Waals surface area contributed by atoms with Gasteiger partial charge in [0.2, 0.25) is 0 Å². The van der Waals surface area contributed by atoms with Gasteiger partial charge in [-0.3, -0.25) is 4.90 Å². The molecule has 0 amide bonds. The van der Waals surface area contributed by atoms with Crippen LogP contribution in [0.1, 0.15) is 12.0 Å². The molecule has 6 heteroatoms. The van der Waals surface area contributed by atoms with Crippen LogP contribution in [0.5, 0.6) is 0 Å². The van der Waals surface area contributed by atoms with Crippen LogP contribution in [-0.2, 0) is 9.84 Å². The van der Waals surface area contributed by atoms with Crippen molar-refractivity contribution in [1.82, 2.24) is 4.90 Å². The Kier molecular flexibility index (Phi) is 4.20. The first-order valence-corrected chi connectivity index (χ1v) is 7.80. The van der Waals surface area contributed by atoms with Crippen molar-refractivity contribution in [1.29, 1.82) is 5.26 Å². The molecule has 1 aliphatic heterocycles. The number of benzene rings is 1. The maximum atomic E-state index is 12.1. The van der Waals surface area contributed by atoms with Crippen LogP contribution in [0, 0.1) is 11.3 Å². The molecule has 19 heavy (non-hydrogen) atoms. The Labute approximate surface area is 113 Å². The van der Waals surface area contributed by atoms with Crippen LogP contribution >= 0.6 is 0 Å². The number of likely N-dealkylation sites (tertiary alicyclic amines) is 1. The molecule has 1 heterocycles. The fourth-order valence-corrected chi connectivity index (χ4v) is 3.47. The predicted molar refractivity (Wildman–Crippen MR) is 70.3 cm³/mol. The lowest BCUT2D eigenvalue weighted by Gasteiger charge is -2.14. The van der Waals surface area contributed by atoms with Gasteiger partial charge in [-0.25, -0.2) is 8.42 Å². The first-order chi connectivity index (χ1) is 9.01. The van der Waals surface area contributed by atoms with Crippen LogP contribution in [0.25, 0.3) is 0 Å². The third-order valence-electron chi connectivity index (χ3n) is 3.25. The number of sulfone groups is 1. The number of β-amino-alcohol motifs (C(OH)–C–C–N with tert-alkyl or cyclic N) is 1. The van der Waals surface area contributed by atoms with Crippen LogP contribution in [0.3, 0.4) is 0 Å². The van der Waals surface area contributed by atoms with Gasteiger partial charge in [-0.1, -0.05) is 6.07 Å². The van der Waals surface area contributed by atoms with Gasteiger partial charge in [0.05, 0.1) is 28.4 Å². The van der Waals surface area contributed by atoms with E-state index in [9.17, 15) is 13.5 Å². The molecule has 0 bridgehead atoms. The zero-order valence-electron chi connectivity index (χ0n) is 10.5. The molecule has 102 valence electrons. The topological polar surface area (TPSA) is 81.4 Å². The number of hydrogen-bond donors (Lipinski definition) is 1. The van der Waals surface area contributed by atoms with E-state index in [1.54, 1.807) is 12.1 Å². The second-order valence-electron chi connectivity index (χ2n) is 4.70. The van der Waals surface area contributed by atoms with Gasteiger partial charge in [0.1, 0.15) is 0 Å². The van der Waals surface area contributed by atoms with Crippen molar-refractivity contribution < 1.29 is 13.5 Å². The van der Waals surface area contributed by atoms with E-state index in [2.05, 4.69) is 0 Å². The summed E-state index contributed by atoms with van der Waals surface area (Å²) in [7, 11) is -3.37. The molecule has 0 saturated carbocycles. The third-order valence-corrected chi connectivity index (χ3v) is 4.94. The van der Waals surface area contributed by atoms with Crippen molar-refractivity contribution in [2.45, 2.75) is 17.4 Å². The van der Waals surface area contributed by atoms with Gasteiger partial charge < -0.3 is 5.11 Å². The molecule has 5 nitrogen and oxygen atoms in total. The van der Waals surface area contributed by atoms with Crippen molar-refractivity contribution in [3.05, 3.63) is 29.8 Å². The number of nitrogens with zero attached hydrogens (tertiary/aromatic N) is 2. The average Bonchev–Trinajstić information content (AvgIpc) is 2.82. The molecule has 0 aliphatic carbocycles. The summed E-state index contributed by atoms with van der Waals surface area (Å²) in [5, 5.41) is 18.2. The van der Waals surface area contributed by atoms with Crippen molar-refractivity contribution in [2.24, 2.45) is 0 Å². The van der Waals surface area contributed by atoms with E-state index in [-0.39, 0.29) is 16.8 Å². The molecule has 1 saturated heterocycles. The van der Waals surface area contributed by atoms with E-state index in [4.69, 9.17) is 5.26 Å². The van der Waals surface area contributed by atoms with Crippen molar-refractivity contribution in [3.63, 3.8) is 0 Å². The molecule has 0 radical (unpaired) electrons. The Morgan fingerprint density at radius 2 is 2.26 bits per heavy atom. The standard InChI is InChI=1S/C13H16N2O3S/c14-9-11-2-1-3-13(8-11)19(17,18)7-6-15-5-4-12(16)10-15/h1-3,8,12,16H,4-7,10H2. The monoisotopic (exact) mass is 280 g/mol. The van der Waals surface area contributed by atoms with Gasteiger partial charge >= 0.3 is 0 Å². The molecule has 1 aliphatic rings. The van der Waals surface area contributed by atoms with Crippen molar-refractivity contribution in [3.8, 4) is 6.07 Å². The molecule has 0 aromatic heterocycles. The minimum atomic E-state index is -3.37. The fourth-order valence-electron chi connectivity index (χ4n) is 2.14. The first-order valence-electron chi connectivity index (χ1n) is 6.14. The van der Waals surface area contributed by atoms with Crippen molar-refractivity contribution in [2.75, 3.05) is 25.4 Å². The van der Waals surface area contributed by atoms with Crippen LogP contribution < -0.4 is 0 Å². The summed E-state index contributed by atoms with van der Waals surface area (Å²) in [5.74, 6) is 0.00853. The molecule has 1 fully saturated rings. The first kappa shape index (κ1) is 14.0. The zero-order valence-corrected chi connectivity index (χ0v) is 11.3. The highest BCUT2D eigenvalue weighted by Gasteiger charge is 2.22. The maximum absolute atomic E-state index is 12.1. The number of nitriles is 1. The predicted octanol–water partition coefficient (Wildman–Crippen LogP) is 0.399. The maximum Gasteiger partial charge on any atom is 0.179 e. The van der Waals surface area contributed by atoms with Crippen molar-refractivity contribution >= 4 is 9.84 Å². The Bertz CT molecular complexity index is 592. The van der Waals surface area contributed by atoms with Gasteiger partial charge in [-0.2, -0.15) is 5.26 Å². The highest BCUT2D eigenvalue weighted by Crippen LogP contribution is 2.15. The normalized spacial score (nSPS) is 20.3. The SMILES string of the molecule is N#Cc1cccc(S(=O)(=O)CCN2CCC(O)C2)c1. The number of rotatable bonds is 4. The lowest BCUT2D eigenvalue weighted by atomic mass is 10.2. The molecule has 1 aromatic rings. The molecule has 2 rings (SSSR count). The van der Waals surface area contributed by atoms with Gasteiger partial charge in [0.15, 0.2) is 9.84 Å². The van der Waals surface area contributed by atoms with Gasteiger partial charge in [-0.05, 0) is 24.6 Å². The van der Waals surface area contributed by atoms with Crippen LogP contribution in [-0.4, -0.2) is 49.9 Å². The van der Waals surface area contributed by atoms with E-state index < -0.39 is 9.84 Å². The average molecular weight is 280 g/mol. The summed E-state index contributed by atoms with van der Waals surface area (Å²) in [5.41, 5.74) is 0.345. The van der Waals surface area contributed by atoms with Crippen LogP contribution in [0.2, 0.25) is 0 Å². The second-order valence-corrected chi connectivity index (χ2v) is 6.81. The summed E-state index contributed by atoms with van der Waals surface area (Å²) < 4.78 is 24.3. The molecule has 1 aromatic carbocycles. The molecule has 1 atom stereocenters. The van der Waals surface area contributed by atoms with E-state index in [0.717, 1.165) is 6.54 Å². The number of aliphatic hydroxyl groups is 1. The van der Waals surface area contributed by atoms with Gasteiger partial charge in [-0.15, -0.1) is 0 Å². The van der Waals surface area contributed by atoms with Gasteiger partial charge in [0, 0.05) is 19.6 Å². The van der Waals surface area contributed by atoms with E-state index in [1.807, 2.05) is 11.0 Å². The zero-order chi connectivity index (χ0) is 13.9. The fraction of sp³-hybridized carbons (Fsp3) is 0.462. The quantitative estimate of drug-likeness (QED) is 0.863. The molecular formula is C13H16N2O3S. The summed E-state index contributed by atoms with van der Waals surface area (Å²) in [4.78, 5) is 2.13. The lowest BCUT2D eigenvalue weighted by Crippen LogP contribution is -2.28. The Morgan fingerprint density at radius 1 is 1.47 bits per heavy atom. The summed E-state index contributed by atoms with van der Waals surface area (Å²) in [6.07, 6.45) is 0.355. The molecule has 1 unspecified atom stereocenters. The number of aliphatic hydroxyl groups excluding tert-OH is 1. The smallest absolute Gasteiger partial charge is 0.179 e. The highest BCUT2D eigenvalue weighted by molar-refractivity contribution is 7.91. The highest BCUT2D eigenvalue weighted by atomic mass is 32.2. The number of hydrogen-bond acceptors (Lipinski definition) is 5. The van der Waals surface area contributed by atoms with Crippen LogP contribution in [0.15, 0.2) is 29.2 Å². The minimum Gasteiger partial charge on any atom is -0.392 e. The minimum absolute atomic E-state index is 0.00853. The summed E-state index contributed by atoms with van der Waals surface area (Å²) >= 11 is 0. The lowest BCUT2D eigenvalue weighted by molar-refractivity contribution is 0.178. The van der Waals surface area contributed by atoms with E-state index in [1.165, 1.54) is 12.1 Å². The van der Waals surface area contributed by atoms with E-state index >= 15 is 0 Å². The van der Waals surface area contributed by atoms with E-state index in [0.29, 0.717) is 25.1 Å². The molecule has 0 spiro atoms. The largest absolute Gasteiger partial charge is 0.392 e. The summed E-state index contributed by atoms with van der Waals surface area (Å²) in [6.45, 7) is 1.68. The molecule has 1 N–H and O–H groups in total. The third kappa shape index (κ3) is 3.53. The second kappa shape index (κ2) is 5.70. The van der Waals surface area contributed by atoms with Gasteiger partial charge in [0.25, 0.3) is 0 Å². The summed E-state index contributed by atoms with van der Waals surface area (Å²) in [6, 6.07) is 7.99. The Hall–Kier alpha value is -1.42. The van der Waals surface area contributed by atoms with Crippen LogP contribution in [0.4, 0.5) is 0 Å².